The SMILES string of the molecule is CCC(NOC)=C1[C@@H](c2ccc3ccccc3c2)CC2CC(O)[C@H]1O2. The largest absolute Gasteiger partial charge is 0.390 e. The van der Waals surface area contributed by atoms with Crippen LogP contribution in [0.25, 0.3) is 10.8 Å². The zero-order valence-corrected chi connectivity index (χ0v) is 14.7. The van der Waals surface area contributed by atoms with Gasteiger partial charge in [0.05, 0.1) is 19.3 Å². The minimum Gasteiger partial charge on any atom is -0.390 e. The van der Waals surface area contributed by atoms with Crippen LogP contribution in [0.2, 0.25) is 0 Å². The number of allylic oxidation sites excluding steroid dienone is 1. The van der Waals surface area contributed by atoms with E-state index in [2.05, 4.69) is 54.9 Å². The van der Waals surface area contributed by atoms with Gasteiger partial charge in [0.15, 0.2) is 0 Å². The van der Waals surface area contributed by atoms with Gasteiger partial charge in [-0.15, -0.1) is 0 Å². The van der Waals surface area contributed by atoms with Crippen LogP contribution in [0.3, 0.4) is 0 Å². The molecule has 2 aromatic rings. The Morgan fingerprint density at radius 2 is 2.00 bits per heavy atom. The highest BCUT2D eigenvalue weighted by Crippen LogP contribution is 2.46. The van der Waals surface area contributed by atoms with Gasteiger partial charge in [-0.1, -0.05) is 49.4 Å². The van der Waals surface area contributed by atoms with E-state index in [1.54, 1.807) is 7.11 Å². The average Bonchev–Trinajstić information content (AvgIpc) is 2.94. The monoisotopic (exact) mass is 339 g/mol. The summed E-state index contributed by atoms with van der Waals surface area (Å²) in [6.07, 6.45) is 1.86. The Bertz CT molecular complexity index is 801. The quantitative estimate of drug-likeness (QED) is 0.835. The highest BCUT2D eigenvalue weighted by atomic mass is 16.6. The molecule has 132 valence electrons. The molecular weight excluding hydrogens is 314 g/mol. The molecule has 2 aromatic carbocycles. The van der Waals surface area contributed by atoms with E-state index in [1.807, 2.05) is 0 Å². The normalized spacial score (nSPS) is 30.5. The molecule has 2 bridgehead atoms. The first-order valence-electron chi connectivity index (χ1n) is 9.05. The van der Waals surface area contributed by atoms with Gasteiger partial charge in [-0.2, -0.15) is 0 Å². The Kier molecular flexibility index (Phi) is 4.50. The van der Waals surface area contributed by atoms with Gasteiger partial charge >= 0.3 is 0 Å². The second kappa shape index (κ2) is 6.79. The highest BCUT2D eigenvalue weighted by Gasteiger charge is 2.46. The van der Waals surface area contributed by atoms with Crippen molar-refractivity contribution in [3.8, 4) is 0 Å². The molecule has 4 rings (SSSR count). The molecule has 25 heavy (non-hydrogen) atoms. The topological polar surface area (TPSA) is 50.7 Å². The highest BCUT2D eigenvalue weighted by molar-refractivity contribution is 5.83. The molecule has 0 aromatic heterocycles. The van der Waals surface area contributed by atoms with Crippen LogP contribution in [0.1, 0.15) is 37.7 Å². The van der Waals surface area contributed by atoms with Gasteiger partial charge in [0.25, 0.3) is 0 Å². The summed E-state index contributed by atoms with van der Waals surface area (Å²) in [7, 11) is 1.62. The van der Waals surface area contributed by atoms with Gasteiger partial charge in [0.2, 0.25) is 0 Å². The van der Waals surface area contributed by atoms with Crippen molar-refractivity contribution < 1.29 is 14.7 Å². The predicted octanol–water partition coefficient (Wildman–Crippen LogP) is 3.66. The summed E-state index contributed by atoms with van der Waals surface area (Å²) in [5.74, 6) is 0.239. The maximum atomic E-state index is 10.5. The van der Waals surface area contributed by atoms with Crippen LogP contribution in [-0.4, -0.2) is 30.5 Å². The lowest BCUT2D eigenvalue weighted by Gasteiger charge is -2.34. The second-order valence-electron chi connectivity index (χ2n) is 6.97. The molecule has 4 atom stereocenters. The maximum absolute atomic E-state index is 10.5. The van der Waals surface area contributed by atoms with Crippen LogP contribution in [0, 0.1) is 0 Å². The molecule has 0 aliphatic carbocycles. The summed E-state index contributed by atoms with van der Waals surface area (Å²) in [6, 6.07) is 15.1. The maximum Gasteiger partial charge on any atom is 0.107 e. The Morgan fingerprint density at radius 1 is 1.20 bits per heavy atom. The molecule has 4 heteroatoms. The third-order valence-electron chi connectivity index (χ3n) is 5.48. The zero-order chi connectivity index (χ0) is 17.4. The fraction of sp³-hybridized carbons (Fsp3) is 0.429. The Balaban J connectivity index is 1.81. The number of aliphatic hydroxyl groups excluding tert-OH is 1. The van der Waals surface area contributed by atoms with Crippen LogP contribution in [0.4, 0.5) is 0 Å². The second-order valence-corrected chi connectivity index (χ2v) is 6.97. The molecular formula is C21H25NO3. The molecule has 0 amide bonds. The van der Waals surface area contributed by atoms with Crippen molar-refractivity contribution in [2.75, 3.05) is 7.11 Å². The molecule has 2 saturated heterocycles. The van der Waals surface area contributed by atoms with Crippen molar-refractivity contribution in [2.24, 2.45) is 0 Å². The summed E-state index contributed by atoms with van der Waals surface area (Å²) < 4.78 is 6.09. The van der Waals surface area contributed by atoms with Crippen LogP contribution < -0.4 is 5.48 Å². The number of nitrogens with one attached hydrogen (secondary N) is 1. The Morgan fingerprint density at radius 3 is 2.76 bits per heavy atom. The summed E-state index contributed by atoms with van der Waals surface area (Å²) in [6.45, 7) is 2.10. The van der Waals surface area contributed by atoms with Crippen molar-refractivity contribution in [2.45, 2.75) is 50.4 Å². The third kappa shape index (κ3) is 2.95. The number of ether oxygens (including phenoxy) is 1. The van der Waals surface area contributed by atoms with E-state index in [0.29, 0.717) is 6.42 Å². The summed E-state index contributed by atoms with van der Waals surface area (Å²) >= 11 is 0. The Hall–Kier alpha value is -1.88. The van der Waals surface area contributed by atoms with E-state index < -0.39 is 6.10 Å². The van der Waals surface area contributed by atoms with E-state index in [-0.39, 0.29) is 18.1 Å². The van der Waals surface area contributed by atoms with Crippen molar-refractivity contribution in [3.05, 3.63) is 59.3 Å². The summed E-state index contributed by atoms with van der Waals surface area (Å²) in [4.78, 5) is 5.20. The van der Waals surface area contributed by atoms with Crippen LogP contribution >= 0.6 is 0 Å². The first-order chi connectivity index (χ1) is 12.2. The van der Waals surface area contributed by atoms with Gasteiger partial charge in [-0.3, -0.25) is 10.3 Å². The van der Waals surface area contributed by atoms with Gasteiger partial charge in [-0.05, 0) is 34.8 Å². The van der Waals surface area contributed by atoms with E-state index >= 15 is 0 Å². The summed E-state index contributed by atoms with van der Waals surface area (Å²) in [5.41, 5.74) is 6.47. The molecule has 2 aliphatic rings. The first-order valence-corrected chi connectivity index (χ1v) is 9.05. The lowest BCUT2D eigenvalue weighted by Crippen LogP contribution is -2.34. The number of hydrogen-bond acceptors (Lipinski definition) is 4. The molecule has 0 radical (unpaired) electrons. The average molecular weight is 339 g/mol. The van der Waals surface area contributed by atoms with Gasteiger partial charge in [-0.25, -0.2) is 0 Å². The number of hydroxylamine groups is 1. The fourth-order valence-electron chi connectivity index (χ4n) is 4.35. The van der Waals surface area contributed by atoms with E-state index in [0.717, 1.165) is 24.1 Å². The summed E-state index contributed by atoms with van der Waals surface area (Å²) in [5, 5.41) is 13.0. The van der Waals surface area contributed by atoms with Crippen molar-refractivity contribution in [1.82, 2.24) is 5.48 Å². The molecule has 0 spiro atoms. The number of aliphatic hydroxyl groups is 1. The van der Waals surface area contributed by atoms with Crippen molar-refractivity contribution in [3.63, 3.8) is 0 Å². The zero-order valence-electron chi connectivity index (χ0n) is 14.7. The van der Waals surface area contributed by atoms with Gasteiger partial charge in [0.1, 0.15) is 6.10 Å². The third-order valence-corrected chi connectivity index (χ3v) is 5.48. The predicted molar refractivity (Wildman–Crippen MR) is 98.1 cm³/mol. The van der Waals surface area contributed by atoms with Crippen LogP contribution in [0.5, 0.6) is 0 Å². The molecule has 2 heterocycles. The van der Waals surface area contributed by atoms with Crippen LogP contribution in [0.15, 0.2) is 53.7 Å². The number of hydrogen-bond donors (Lipinski definition) is 2. The molecule has 0 saturated carbocycles. The lowest BCUT2D eigenvalue weighted by atomic mass is 9.81. The van der Waals surface area contributed by atoms with E-state index in [1.165, 1.54) is 16.3 Å². The molecule has 2 aliphatic heterocycles. The smallest absolute Gasteiger partial charge is 0.107 e. The number of rotatable bonds is 4. The van der Waals surface area contributed by atoms with E-state index in [4.69, 9.17) is 9.57 Å². The van der Waals surface area contributed by atoms with Gasteiger partial charge < -0.3 is 9.84 Å². The first kappa shape index (κ1) is 16.6. The number of benzene rings is 2. The number of fused-ring (bicyclic) bond motifs is 3. The van der Waals surface area contributed by atoms with Crippen molar-refractivity contribution >= 4 is 10.8 Å². The molecule has 2 fully saturated rings. The fourth-order valence-corrected chi connectivity index (χ4v) is 4.35. The lowest BCUT2D eigenvalue weighted by molar-refractivity contribution is 0.000913. The minimum absolute atomic E-state index is 0.126. The molecule has 2 N–H and O–H groups in total. The van der Waals surface area contributed by atoms with Gasteiger partial charge in [0, 0.05) is 18.0 Å². The standard InChI is InChI=1S/C21H25NO3/c1-3-18(22-24-2)20-17(11-16-12-19(23)21(20)25-16)15-9-8-13-6-4-5-7-14(13)10-15/h4-10,16-17,19,21-23H,3,11-12H2,1-2H3/t16?,17-,19?,21-/m1/s1. The molecule has 2 unspecified atom stereocenters. The van der Waals surface area contributed by atoms with Crippen molar-refractivity contribution in [1.29, 1.82) is 0 Å². The van der Waals surface area contributed by atoms with E-state index in [9.17, 15) is 5.11 Å². The Labute approximate surface area is 148 Å². The molecule has 4 nitrogen and oxygen atoms in total. The minimum atomic E-state index is -0.439. The van der Waals surface area contributed by atoms with Crippen LogP contribution in [-0.2, 0) is 9.57 Å².